The largest absolute Gasteiger partial charge is 0.495 e. The standard InChI is InChI=1S/C22H24ClN3O4S/c1-3-30-12-6-11-26-21(28)16-7-4-5-8-18(16)25-22(26)31-14-20(27)24-15-9-10-19(29-2)17(23)13-15/h4-5,7-10,13H,3,6,11-12,14H2,1-2H3,(H,24,27). The molecule has 1 heterocycles. The molecule has 3 aromatic rings. The van der Waals surface area contributed by atoms with E-state index >= 15 is 0 Å². The quantitative estimate of drug-likeness (QED) is 0.276. The van der Waals surface area contributed by atoms with E-state index in [9.17, 15) is 9.59 Å². The van der Waals surface area contributed by atoms with Gasteiger partial charge in [-0.2, -0.15) is 0 Å². The van der Waals surface area contributed by atoms with Gasteiger partial charge in [-0.3, -0.25) is 14.2 Å². The number of nitrogens with zero attached hydrogens (tertiary/aromatic N) is 2. The summed E-state index contributed by atoms with van der Waals surface area (Å²) in [6, 6.07) is 12.2. The van der Waals surface area contributed by atoms with Crippen molar-refractivity contribution in [1.82, 2.24) is 9.55 Å². The molecule has 0 spiro atoms. The summed E-state index contributed by atoms with van der Waals surface area (Å²) in [5.41, 5.74) is 1.06. The van der Waals surface area contributed by atoms with Gasteiger partial charge in [0.25, 0.3) is 5.56 Å². The molecule has 1 amide bonds. The third-order valence-electron chi connectivity index (χ3n) is 4.47. The first kappa shape index (κ1) is 23.1. The highest BCUT2D eigenvalue weighted by Crippen LogP contribution is 2.27. The second-order valence-electron chi connectivity index (χ2n) is 6.60. The first-order chi connectivity index (χ1) is 15.0. The van der Waals surface area contributed by atoms with E-state index in [4.69, 9.17) is 21.1 Å². The van der Waals surface area contributed by atoms with Gasteiger partial charge in [0.05, 0.1) is 28.8 Å². The van der Waals surface area contributed by atoms with Gasteiger partial charge in [0.15, 0.2) is 5.16 Å². The van der Waals surface area contributed by atoms with E-state index < -0.39 is 0 Å². The van der Waals surface area contributed by atoms with E-state index in [1.807, 2.05) is 19.1 Å². The number of carbonyl (C=O) groups excluding carboxylic acids is 1. The van der Waals surface area contributed by atoms with Crippen molar-refractivity contribution in [3.8, 4) is 5.75 Å². The molecule has 1 aromatic heterocycles. The third-order valence-corrected chi connectivity index (χ3v) is 5.74. The molecular formula is C22H24ClN3O4S. The number of amides is 1. The topological polar surface area (TPSA) is 82.4 Å². The fourth-order valence-electron chi connectivity index (χ4n) is 3.00. The number of benzene rings is 2. The summed E-state index contributed by atoms with van der Waals surface area (Å²) < 4.78 is 12.1. The summed E-state index contributed by atoms with van der Waals surface area (Å²) in [7, 11) is 1.53. The molecule has 0 saturated carbocycles. The molecule has 0 fully saturated rings. The Kier molecular flexibility index (Phi) is 8.34. The van der Waals surface area contributed by atoms with Crippen molar-refractivity contribution in [2.75, 3.05) is 31.4 Å². The van der Waals surface area contributed by atoms with Crippen LogP contribution < -0.4 is 15.6 Å². The van der Waals surface area contributed by atoms with Gasteiger partial charge < -0.3 is 14.8 Å². The van der Waals surface area contributed by atoms with E-state index in [0.717, 1.165) is 0 Å². The van der Waals surface area contributed by atoms with Gasteiger partial charge in [0.1, 0.15) is 5.75 Å². The molecular weight excluding hydrogens is 438 g/mol. The van der Waals surface area contributed by atoms with Crippen molar-refractivity contribution >= 4 is 45.9 Å². The number of hydrogen-bond donors (Lipinski definition) is 1. The summed E-state index contributed by atoms with van der Waals surface area (Å²) in [5.74, 6) is 0.403. The maximum absolute atomic E-state index is 13.0. The smallest absolute Gasteiger partial charge is 0.262 e. The van der Waals surface area contributed by atoms with Crippen molar-refractivity contribution in [1.29, 1.82) is 0 Å². The zero-order valence-electron chi connectivity index (χ0n) is 17.4. The third kappa shape index (κ3) is 6.00. The van der Waals surface area contributed by atoms with E-state index in [2.05, 4.69) is 10.3 Å². The van der Waals surface area contributed by atoms with Crippen LogP contribution in [0.25, 0.3) is 10.9 Å². The average molecular weight is 462 g/mol. The first-order valence-electron chi connectivity index (χ1n) is 9.87. The van der Waals surface area contributed by atoms with Crippen LogP contribution >= 0.6 is 23.4 Å². The zero-order valence-corrected chi connectivity index (χ0v) is 19.0. The lowest BCUT2D eigenvalue weighted by atomic mass is 10.2. The number of anilines is 1. The summed E-state index contributed by atoms with van der Waals surface area (Å²) in [4.78, 5) is 30.1. The zero-order chi connectivity index (χ0) is 22.2. The van der Waals surface area contributed by atoms with Crippen molar-refractivity contribution in [2.45, 2.75) is 25.0 Å². The lowest BCUT2D eigenvalue weighted by Gasteiger charge is -2.13. The van der Waals surface area contributed by atoms with Crippen LogP contribution in [0.15, 0.2) is 52.4 Å². The Balaban J connectivity index is 1.75. The highest BCUT2D eigenvalue weighted by Gasteiger charge is 2.14. The van der Waals surface area contributed by atoms with Crippen molar-refractivity contribution in [2.24, 2.45) is 0 Å². The number of aromatic nitrogens is 2. The van der Waals surface area contributed by atoms with E-state index in [-0.39, 0.29) is 17.2 Å². The Labute approximate surface area is 189 Å². The molecule has 0 aliphatic carbocycles. The minimum Gasteiger partial charge on any atom is -0.495 e. The van der Waals surface area contributed by atoms with Gasteiger partial charge in [-0.05, 0) is 43.7 Å². The number of nitrogens with one attached hydrogen (secondary N) is 1. The van der Waals surface area contributed by atoms with Crippen LogP contribution in [0.4, 0.5) is 5.69 Å². The van der Waals surface area contributed by atoms with Gasteiger partial charge in [0, 0.05) is 25.4 Å². The number of hydrogen-bond acceptors (Lipinski definition) is 6. The molecule has 31 heavy (non-hydrogen) atoms. The number of methoxy groups -OCH3 is 1. The van der Waals surface area contributed by atoms with E-state index in [0.29, 0.717) is 58.7 Å². The number of thioether (sulfide) groups is 1. The van der Waals surface area contributed by atoms with Crippen molar-refractivity contribution in [3.63, 3.8) is 0 Å². The first-order valence-corrected chi connectivity index (χ1v) is 11.2. The van der Waals surface area contributed by atoms with Crippen LogP contribution in [0.2, 0.25) is 5.02 Å². The van der Waals surface area contributed by atoms with Crippen LogP contribution in [0, 0.1) is 0 Å². The maximum atomic E-state index is 13.0. The Hall–Kier alpha value is -2.55. The summed E-state index contributed by atoms with van der Waals surface area (Å²) in [6.07, 6.45) is 0.678. The summed E-state index contributed by atoms with van der Waals surface area (Å²) >= 11 is 7.33. The minimum absolute atomic E-state index is 0.0971. The Bertz CT molecular complexity index is 1120. The molecule has 0 atom stereocenters. The molecule has 3 rings (SSSR count). The van der Waals surface area contributed by atoms with Gasteiger partial charge in [0.2, 0.25) is 5.91 Å². The summed E-state index contributed by atoms with van der Waals surface area (Å²) in [6.45, 7) is 3.58. The van der Waals surface area contributed by atoms with Crippen LogP contribution in [-0.4, -0.2) is 41.5 Å². The second-order valence-corrected chi connectivity index (χ2v) is 7.95. The van der Waals surface area contributed by atoms with Crippen molar-refractivity contribution in [3.05, 3.63) is 57.8 Å². The molecule has 0 unspecified atom stereocenters. The Morgan fingerprint density at radius 1 is 1.26 bits per heavy atom. The number of rotatable bonds is 10. The number of ether oxygens (including phenoxy) is 2. The number of para-hydroxylation sites is 1. The molecule has 9 heteroatoms. The van der Waals surface area contributed by atoms with Crippen LogP contribution in [-0.2, 0) is 16.1 Å². The van der Waals surface area contributed by atoms with E-state index in [1.54, 1.807) is 34.9 Å². The number of halogens is 1. The van der Waals surface area contributed by atoms with Gasteiger partial charge in [-0.1, -0.05) is 35.5 Å². The summed E-state index contributed by atoms with van der Waals surface area (Å²) in [5, 5.41) is 4.27. The monoisotopic (exact) mass is 461 g/mol. The average Bonchev–Trinajstić information content (AvgIpc) is 2.77. The molecule has 1 N–H and O–H groups in total. The molecule has 164 valence electrons. The molecule has 0 saturated heterocycles. The number of carbonyl (C=O) groups is 1. The SMILES string of the molecule is CCOCCCn1c(SCC(=O)Nc2ccc(OC)c(Cl)c2)nc2ccccc2c1=O. The van der Waals surface area contributed by atoms with E-state index in [1.165, 1.54) is 18.9 Å². The molecule has 0 radical (unpaired) electrons. The molecule has 0 aliphatic rings. The molecule has 0 aliphatic heterocycles. The highest BCUT2D eigenvalue weighted by atomic mass is 35.5. The van der Waals surface area contributed by atoms with Gasteiger partial charge in [-0.25, -0.2) is 4.98 Å². The lowest BCUT2D eigenvalue weighted by Crippen LogP contribution is -2.25. The van der Waals surface area contributed by atoms with Crippen LogP contribution in [0.5, 0.6) is 5.75 Å². The van der Waals surface area contributed by atoms with Crippen LogP contribution in [0.1, 0.15) is 13.3 Å². The van der Waals surface area contributed by atoms with Gasteiger partial charge >= 0.3 is 0 Å². The molecule has 2 aromatic carbocycles. The second kappa shape index (κ2) is 11.2. The maximum Gasteiger partial charge on any atom is 0.262 e. The number of fused-ring (bicyclic) bond motifs is 1. The van der Waals surface area contributed by atoms with Crippen molar-refractivity contribution < 1.29 is 14.3 Å². The van der Waals surface area contributed by atoms with Gasteiger partial charge in [-0.15, -0.1) is 0 Å². The molecule has 7 nitrogen and oxygen atoms in total. The minimum atomic E-state index is -0.227. The predicted molar refractivity (Wildman–Crippen MR) is 124 cm³/mol. The van der Waals surface area contributed by atoms with Crippen LogP contribution in [0.3, 0.4) is 0 Å². The predicted octanol–water partition coefficient (Wildman–Crippen LogP) is 4.22. The fourth-order valence-corrected chi connectivity index (χ4v) is 4.08. The fraction of sp³-hybridized carbons (Fsp3) is 0.318. The normalized spacial score (nSPS) is 10.9. The Morgan fingerprint density at radius 3 is 2.81 bits per heavy atom. The lowest BCUT2D eigenvalue weighted by molar-refractivity contribution is -0.113. The molecule has 0 bridgehead atoms. The Morgan fingerprint density at radius 2 is 2.06 bits per heavy atom. The highest BCUT2D eigenvalue weighted by molar-refractivity contribution is 7.99.